The minimum Gasteiger partial charge on any atom is -0.464 e. The zero-order chi connectivity index (χ0) is 17.4. The summed E-state index contributed by atoms with van der Waals surface area (Å²) in [6.45, 7) is 5.97. The predicted molar refractivity (Wildman–Crippen MR) is 91.7 cm³/mol. The first-order valence-corrected chi connectivity index (χ1v) is 9.15. The van der Waals surface area contributed by atoms with Crippen molar-refractivity contribution in [2.45, 2.75) is 64.7 Å². The summed E-state index contributed by atoms with van der Waals surface area (Å²) in [4.78, 5) is 14.5. The molecule has 0 saturated heterocycles. The molecule has 2 saturated carbocycles. The number of hydrogen-bond acceptors (Lipinski definition) is 4. The van der Waals surface area contributed by atoms with E-state index in [2.05, 4.69) is 28.5 Å². The quantitative estimate of drug-likeness (QED) is 0.839. The highest BCUT2D eigenvalue weighted by atomic mass is 16.3. The van der Waals surface area contributed by atoms with Gasteiger partial charge >= 0.3 is 6.03 Å². The largest absolute Gasteiger partial charge is 0.464 e. The number of furan rings is 1. The third-order valence-corrected chi connectivity index (χ3v) is 5.17. The van der Waals surface area contributed by atoms with E-state index < -0.39 is 0 Å². The van der Waals surface area contributed by atoms with E-state index in [1.165, 1.54) is 6.42 Å². The normalized spacial score (nSPS) is 22.0. The molecule has 0 radical (unpaired) electrons. The van der Waals surface area contributed by atoms with Crippen LogP contribution < -0.4 is 5.32 Å². The fraction of sp³-hybridized carbons (Fsp3) is 0.611. The van der Waals surface area contributed by atoms with E-state index >= 15 is 0 Å². The first-order valence-electron chi connectivity index (χ1n) is 9.15. The van der Waals surface area contributed by atoms with Gasteiger partial charge in [-0.25, -0.2) is 4.79 Å². The zero-order valence-corrected chi connectivity index (χ0v) is 14.8. The first-order chi connectivity index (χ1) is 12.2. The standard InChI is InChI=1S/C18H25N5O2/c1-3-22-11-20-21-17(22)9-19-18(24)23(13-4-5-13)10-14-6-7-16(25-14)15-8-12(15)2/h6-7,11-13,15H,3-5,8-10H2,1-2H3,(H,19,24)/t12-,15-/m1/s1. The van der Waals surface area contributed by atoms with Crippen molar-refractivity contribution in [3.63, 3.8) is 0 Å². The highest BCUT2D eigenvalue weighted by Gasteiger charge is 2.37. The summed E-state index contributed by atoms with van der Waals surface area (Å²) < 4.78 is 7.90. The average Bonchev–Trinajstić information content (AvgIpc) is 3.48. The molecule has 0 aliphatic heterocycles. The van der Waals surface area contributed by atoms with Crippen molar-refractivity contribution in [1.82, 2.24) is 25.0 Å². The maximum atomic E-state index is 12.6. The number of aromatic nitrogens is 3. The van der Waals surface area contributed by atoms with Gasteiger partial charge in [-0.15, -0.1) is 10.2 Å². The van der Waals surface area contributed by atoms with Gasteiger partial charge in [0.15, 0.2) is 5.82 Å². The molecule has 0 bridgehead atoms. The molecule has 2 fully saturated rings. The molecule has 0 unspecified atom stereocenters. The smallest absolute Gasteiger partial charge is 0.318 e. The van der Waals surface area contributed by atoms with Crippen LogP contribution in [0, 0.1) is 5.92 Å². The number of rotatable bonds is 7. The lowest BCUT2D eigenvalue weighted by Gasteiger charge is -2.21. The Kier molecular flexibility index (Phi) is 4.23. The summed E-state index contributed by atoms with van der Waals surface area (Å²) >= 11 is 0. The molecule has 25 heavy (non-hydrogen) atoms. The van der Waals surface area contributed by atoms with Crippen LogP contribution in [0.3, 0.4) is 0 Å². The van der Waals surface area contributed by atoms with Crippen molar-refractivity contribution in [2.75, 3.05) is 0 Å². The van der Waals surface area contributed by atoms with Crippen LogP contribution in [0.4, 0.5) is 4.79 Å². The average molecular weight is 343 g/mol. The maximum Gasteiger partial charge on any atom is 0.318 e. The second kappa shape index (κ2) is 6.54. The Bertz CT molecular complexity index is 748. The summed E-state index contributed by atoms with van der Waals surface area (Å²) in [5, 5.41) is 10.9. The minimum absolute atomic E-state index is 0.0640. The highest BCUT2D eigenvalue weighted by molar-refractivity contribution is 5.74. The Labute approximate surface area is 147 Å². The molecular formula is C18H25N5O2. The van der Waals surface area contributed by atoms with Crippen LogP contribution in [0.15, 0.2) is 22.9 Å². The van der Waals surface area contributed by atoms with E-state index in [1.807, 2.05) is 22.5 Å². The molecule has 0 spiro atoms. The van der Waals surface area contributed by atoms with Gasteiger partial charge in [0.05, 0.1) is 13.1 Å². The number of hydrogen-bond donors (Lipinski definition) is 1. The van der Waals surface area contributed by atoms with Crippen molar-refractivity contribution in [3.05, 3.63) is 35.8 Å². The lowest BCUT2D eigenvalue weighted by atomic mass is 10.3. The van der Waals surface area contributed by atoms with Crippen LogP contribution in [-0.2, 0) is 19.6 Å². The first kappa shape index (κ1) is 16.2. The van der Waals surface area contributed by atoms with Gasteiger partial charge in [0, 0.05) is 18.5 Å². The number of aryl methyl sites for hydroxylation is 1. The fourth-order valence-corrected chi connectivity index (χ4v) is 3.25. The molecule has 2 heterocycles. The van der Waals surface area contributed by atoms with Gasteiger partial charge in [-0.3, -0.25) is 0 Å². The van der Waals surface area contributed by atoms with Crippen LogP contribution in [0.1, 0.15) is 56.4 Å². The van der Waals surface area contributed by atoms with Crippen molar-refractivity contribution in [1.29, 1.82) is 0 Å². The van der Waals surface area contributed by atoms with Crippen LogP contribution in [0.2, 0.25) is 0 Å². The number of amides is 2. The van der Waals surface area contributed by atoms with Gasteiger partial charge in [0.2, 0.25) is 0 Å². The zero-order valence-electron chi connectivity index (χ0n) is 14.8. The molecule has 2 aromatic rings. The Hall–Kier alpha value is -2.31. The molecule has 7 heteroatoms. The van der Waals surface area contributed by atoms with E-state index in [1.54, 1.807) is 6.33 Å². The minimum atomic E-state index is -0.0640. The van der Waals surface area contributed by atoms with E-state index in [0.29, 0.717) is 25.0 Å². The molecule has 2 atom stereocenters. The lowest BCUT2D eigenvalue weighted by molar-refractivity contribution is 0.185. The SMILES string of the molecule is CCn1cnnc1CNC(=O)N(Cc1ccc([C@@H]2C[C@H]2C)o1)C1CC1. The fourth-order valence-electron chi connectivity index (χ4n) is 3.25. The van der Waals surface area contributed by atoms with Crippen molar-refractivity contribution >= 4 is 6.03 Å². The third-order valence-electron chi connectivity index (χ3n) is 5.17. The van der Waals surface area contributed by atoms with Crippen molar-refractivity contribution < 1.29 is 9.21 Å². The number of carbonyl (C=O) groups is 1. The molecule has 2 aliphatic rings. The van der Waals surface area contributed by atoms with Crippen molar-refractivity contribution in [2.24, 2.45) is 5.92 Å². The molecule has 7 nitrogen and oxygen atoms in total. The summed E-state index contributed by atoms with van der Waals surface area (Å²) in [6, 6.07) is 4.33. The van der Waals surface area contributed by atoms with E-state index in [0.717, 1.165) is 42.6 Å². The molecule has 0 aromatic carbocycles. The molecule has 1 N–H and O–H groups in total. The Balaban J connectivity index is 1.37. The molecular weight excluding hydrogens is 318 g/mol. The third kappa shape index (κ3) is 3.55. The van der Waals surface area contributed by atoms with Gasteiger partial charge < -0.3 is 19.2 Å². The van der Waals surface area contributed by atoms with Crippen molar-refractivity contribution in [3.8, 4) is 0 Å². The molecule has 2 aliphatic carbocycles. The summed E-state index contributed by atoms with van der Waals surface area (Å²) in [5.41, 5.74) is 0. The number of nitrogens with zero attached hydrogens (tertiary/aromatic N) is 4. The number of nitrogens with one attached hydrogen (secondary N) is 1. The van der Waals surface area contributed by atoms with Crippen LogP contribution >= 0.6 is 0 Å². The highest BCUT2D eigenvalue weighted by Crippen LogP contribution is 2.47. The van der Waals surface area contributed by atoms with E-state index in [4.69, 9.17) is 4.42 Å². The van der Waals surface area contributed by atoms with Gasteiger partial charge in [-0.2, -0.15) is 0 Å². The Morgan fingerprint density at radius 3 is 2.92 bits per heavy atom. The van der Waals surface area contributed by atoms with E-state index in [-0.39, 0.29) is 6.03 Å². The maximum absolute atomic E-state index is 12.6. The molecule has 2 aromatic heterocycles. The van der Waals surface area contributed by atoms with Gasteiger partial charge in [-0.05, 0) is 44.2 Å². The predicted octanol–water partition coefficient (Wildman–Crippen LogP) is 2.89. The molecule has 134 valence electrons. The number of carbonyl (C=O) groups excluding carboxylic acids is 1. The van der Waals surface area contributed by atoms with Crippen LogP contribution in [0.25, 0.3) is 0 Å². The number of urea groups is 1. The van der Waals surface area contributed by atoms with Gasteiger partial charge in [-0.1, -0.05) is 6.92 Å². The summed E-state index contributed by atoms with van der Waals surface area (Å²) in [6.07, 6.45) is 5.01. The van der Waals surface area contributed by atoms with Gasteiger partial charge in [0.25, 0.3) is 0 Å². The molecule has 2 amide bonds. The van der Waals surface area contributed by atoms with Gasteiger partial charge in [0.1, 0.15) is 17.8 Å². The second-order valence-corrected chi connectivity index (χ2v) is 7.17. The lowest BCUT2D eigenvalue weighted by Crippen LogP contribution is -2.40. The summed E-state index contributed by atoms with van der Waals surface area (Å²) in [7, 11) is 0. The van der Waals surface area contributed by atoms with Crippen LogP contribution in [0.5, 0.6) is 0 Å². The summed E-state index contributed by atoms with van der Waals surface area (Å²) in [5.74, 6) is 3.99. The Morgan fingerprint density at radius 2 is 2.24 bits per heavy atom. The Morgan fingerprint density at radius 1 is 1.44 bits per heavy atom. The van der Waals surface area contributed by atoms with E-state index in [9.17, 15) is 4.79 Å². The molecule has 4 rings (SSSR count). The van der Waals surface area contributed by atoms with Crippen LogP contribution in [-0.4, -0.2) is 31.7 Å². The second-order valence-electron chi connectivity index (χ2n) is 7.17. The monoisotopic (exact) mass is 343 g/mol. The topological polar surface area (TPSA) is 76.2 Å².